The molecule has 0 aromatic carbocycles. The van der Waals surface area contributed by atoms with Gasteiger partial charge >= 0.3 is 0 Å². The third-order valence-corrected chi connectivity index (χ3v) is 1.42. The average Bonchev–Trinajstić information content (AvgIpc) is 2.01. The lowest BCUT2D eigenvalue weighted by Gasteiger charge is -2.09. The van der Waals surface area contributed by atoms with Gasteiger partial charge in [-0.15, -0.1) is 0 Å². The highest BCUT2D eigenvalue weighted by Crippen LogP contribution is 1.89. The lowest BCUT2D eigenvalue weighted by atomic mass is 10.2. The molecule has 14 heavy (non-hydrogen) atoms. The Morgan fingerprint density at radius 1 is 1.29 bits per heavy atom. The summed E-state index contributed by atoms with van der Waals surface area (Å²) in [6.45, 7) is 9.28. The van der Waals surface area contributed by atoms with Crippen LogP contribution in [0.3, 0.4) is 0 Å². The molecule has 0 radical (unpaired) electrons. The van der Waals surface area contributed by atoms with Gasteiger partial charge in [-0.3, -0.25) is 4.79 Å². The van der Waals surface area contributed by atoms with E-state index >= 15 is 0 Å². The Bertz CT molecular complexity index is 158. The third kappa shape index (κ3) is 9.48. The number of rotatable bonds is 7. The summed E-state index contributed by atoms with van der Waals surface area (Å²) in [7, 11) is 0. The van der Waals surface area contributed by atoms with Crippen LogP contribution in [0.25, 0.3) is 0 Å². The predicted octanol–water partition coefficient (Wildman–Crippen LogP) is 1.08. The van der Waals surface area contributed by atoms with E-state index in [2.05, 4.69) is 24.6 Å². The molecule has 0 spiro atoms. The van der Waals surface area contributed by atoms with E-state index in [4.69, 9.17) is 4.84 Å². The lowest BCUT2D eigenvalue weighted by Crippen LogP contribution is -2.32. The van der Waals surface area contributed by atoms with Crippen LogP contribution in [0.2, 0.25) is 0 Å². The van der Waals surface area contributed by atoms with Crippen molar-refractivity contribution in [2.75, 3.05) is 13.2 Å². The van der Waals surface area contributed by atoms with Crippen molar-refractivity contribution in [3.05, 3.63) is 0 Å². The molecule has 0 heterocycles. The highest BCUT2D eigenvalue weighted by molar-refractivity contribution is 5.76. The number of carbonyl (C=O) groups is 1. The molecule has 2 N–H and O–H groups in total. The summed E-state index contributed by atoms with van der Waals surface area (Å²) in [5.74, 6) is 0.563. The molecule has 0 aliphatic carbocycles. The van der Waals surface area contributed by atoms with E-state index in [1.807, 2.05) is 13.8 Å². The number of nitrogens with one attached hydrogen (secondary N) is 2. The number of hydrogen-bond acceptors (Lipinski definition) is 3. The Hall–Kier alpha value is -0.610. The fraction of sp³-hybridized carbons (Fsp3) is 0.900. The van der Waals surface area contributed by atoms with Crippen LogP contribution < -0.4 is 10.8 Å². The van der Waals surface area contributed by atoms with Crippen LogP contribution in [0.15, 0.2) is 0 Å². The molecule has 0 aromatic rings. The van der Waals surface area contributed by atoms with Crippen molar-refractivity contribution >= 4 is 5.91 Å². The van der Waals surface area contributed by atoms with E-state index in [0.717, 1.165) is 0 Å². The van der Waals surface area contributed by atoms with E-state index in [9.17, 15) is 4.79 Å². The normalized spacial score (nSPS) is 11.0. The topological polar surface area (TPSA) is 50.4 Å². The van der Waals surface area contributed by atoms with Crippen molar-refractivity contribution < 1.29 is 9.63 Å². The maximum absolute atomic E-state index is 11.1. The molecule has 4 nitrogen and oxygen atoms in total. The summed E-state index contributed by atoms with van der Waals surface area (Å²) in [6, 6.07) is 0.207. The number of hydrogen-bond donors (Lipinski definition) is 2. The van der Waals surface area contributed by atoms with Crippen LogP contribution in [0.4, 0.5) is 0 Å². The number of carbonyl (C=O) groups excluding carboxylic acids is 1. The van der Waals surface area contributed by atoms with E-state index < -0.39 is 0 Å². The van der Waals surface area contributed by atoms with E-state index in [0.29, 0.717) is 25.5 Å². The molecule has 0 bridgehead atoms. The second-order valence-electron chi connectivity index (χ2n) is 4.07. The maximum Gasteiger partial charge on any atom is 0.221 e. The second-order valence-corrected chi connectivity index (χ2v) is 4.07. The SMILES string of the molecule is CC(C)CONCCC(=O)NC(C)C. The van der Waals surface area contributed by atoms with Gasteiger partial charge < -0.3 is 10.2 Å². The molecule has 0 atom stereocenters. The minimum absolute atomic E-state index is 0.0562. The number of amides is 1. The zero-order chi connectivity index (χ0) is 11.0. The van der Waals surface area contributed by atoms with Gasteiger partial charge in [-0.25, -0.2) is 5.48 Å². The molecule has 0 aliphatic heterocycles. The van der Waals surface area contributed by atoms with Gasteiger partial charge in [0.1, 0.15) is 0 Å². The Labute approximate surface area is 86.4 Å². The molecular formula is C10H22N2O2. The van der Waals surface area contributed by atoms with Gasteiger partial charge in [0.05, 0.1) is 6.61 Å². The van der Waals surface area contributed by atoms with Gasteiger partial charge in [0.2, 0.25) is 5.91 Å². The second kappa shape index (κ2) is 7.76. The summed E-state index contributed by atoms with van der Waals surface area (Å²) >= 11 is 0. The zero-order valence-electron chi connectivity index (χ0n) is 9.59. The van der Waals surface area contributed by atoms with Gasteiger partial charge in [0.25, 0.3) is 0 Å². The molecule has 0 unspecified atom stereocenters. The molecule has 84 valence electrons. The van der Waals surface area contributed by atoms with Crippen LogP contribution in [-0.4, -0.2) is 25.1 Å². The van der Waals surface area contributed by atoms with Gasteiger partial charge in [0.15, 0.2) is 0 Å². The standard InChI is InChI=1S/C10H22N2O2/c1-8(2)7-14-11-6-5-10(13)12-9(3)4/h8-9,11H,5-7H2,1-4H3,(H,12,13). The van der Waals surface area contributed by atoms with Crippen LogP contribution in [0.1, 0.15) is 34.1 Å². The minimum atomic E-state index is 0.0562. The number of hydroxylamine groups is 1. The van der Waals surface area contributed by atoms with Crippen molar-refractivity contribution in [3.8, 4) is 0 Å². The van der Waals surface area contributed by atoms with E-state index in [-0.39, 0.29) is 11.9 Å². The maximum atomic E-state index is 11.1. The van der Waals surface area contributed by atoms with Crippen molar-refractivity contribution in [2.45, 2.75) is 40.2 Å². The summed E-state index contributed by atoms with van der Waals surface area (Å²) in [5.41, 5.74) is 2.76. The highest BCUT2D eigenvalue weighted by Gasteiger charge is 2.02. The summed E-state index contributed by atoms with van der Waals surface area (Å²) in [6.07, 6.45) is 0.455. The Balaban J connectivity index is 3.23. The molecule has 0 fully saturated rings. The zero-order valence-corrected chi connectivity index (χ0v) is 9.59. The predicted molar refractivity (Wildman–Crippen MR) is 56.7 cm³/mol. The summed E-state index contributed by atoms with van der Waals surface area (Å²) < 4.78 is 0. The van der Waals surface area contributed by atoms with E-state index in [1.54, 1.807) is 0 Å². The van der Waals surface area contributed by atoms with Crippen molar-refractivity contribution in [1.82, 2.24) is 10.8 Å². The van der Waals surface area contributed by atoms with Crippen molar-refractivity contribution in [2.24, 2.45) is 5.92 Å². The first-order valence-corrected chi connectivity index (χ1v) is 5.16. The van der Waals surface area contributed by atoms with Crippen LogP contribution in [0, 0.1) is 5.92 Å². The lowest BCUT2D eigenvalue weighted by molar-refractivity contribution is -0.122. The largest absolute Gasteiger partial charge is 0.354 e. The first kappa shape index (κ1) is 13.4. The molecule has 0 saturated carbocycles. The molecular weight excluding hydrogens is 180 g/mol. The minimum Gasteiger partial charge on any atom is -0.354 e. The molecule has 0 rings (SSSR count). The Morgan fingerprint density at radius 2 is 1.93 bits per heavy atom. The van der Waals surface area contributed by atoms with Gasteiger partial charge in [0, 0.05) is 19.0 Å². The Kier molecular flexibility index (Phi) is 7.42. The fourth-order valence-electron chi connectivity index (χ4n) is 0.856. The van der Waals surface area contributed by atoms with E-state index in [1.165, 1.54) is 0 Å². The van der Waals surface area contributed by atoms with Crippen molar-refractivity contribution in [1.29, 1.82) is 0 Å². The molecule has 1 amide bonds. The molecule has 0 saturated heterocycles. The van der Waals surface area contributed by atoms with Crippen LogP contribution in [0.5, 0.6) is 0 Å². The molecule has 0 aliphatic rings. The van der Waals surface area contributed by atoms with Crippen molar-refractivity contribution in [3.63, 3.8) is 0 Å². The first-order chi connectivity index (χ1) is 6.52. The monoisotopic (exact) mass is 202 g/mol. The Morgan fingerprint density at radius 3 is 2.43 bits per heavy atom. The van der Waals surface area contributed by atoms with Gasteiger partial charge in [-0.2, -0.15) is 0 Å². The van der Waals surface area contributed by atoms with Gasteiger partial charge in [-0.05, 0) is 19.8 Å². The first-order valence-electron chi connectivity index (χ1n) is 5.16. The quantitative estimate of drug-likeness (QED) is 0.480. The van der Waals surface area contributed by atoms with Crippen LogP contribution in [-0.2, 0) is 9.63 Å². The molecule has 4 heteroatoms. The fourth-order valence-corrected chi connectivity index (χ4v) is 0.856. The summed E-state index contributed by atoms with van der Waals surface area (Å²) in [4.78, 5) is 16.3. The smallest absolute Gasteiger partial charge is 0.221 e. The average molecular weight is 202 g/mol. The summed E-state index contributed by atoms with van der Waals surface area (Å²) in [5, 5.41) is 2.81. The highest BCUT2D eigenvalue weighted by atomic mass is 16.6. The molecule has 0 aromatic heterocycles. The van der Waals surface area contributed by atoms with Crippen LogP contribution >= 0.6 is 0 Å². The van der Waals surface area contributed by atoms with Gasteiger partial charge in [-0.1, -0.05) is 13.8 Å². The third-order valence-electron chi connectivity index (χ3n) is 1.42.